The summed E-state index contributed by atoms with van der Waals surface area (Å²) in [7, 11) is 0. The van der Waals surface area contributed by atoms with Gasteiger partial charge < -0.3 is 15.7 Å². The Balaban J connectivity index is 2.54. The molecule has 0 spiro atoms. The molecule has 0 aromatic carbocycles. The van der Waals surface area contributed by atoms with Gasteiger partial charge in [0, 0.05) is 19.5 Å². The molecule has 0 aromatic rings. The monoisotopic (exact) mass is 270 g/mol. The Morgan fingerprint density at radius 1 is 1.47 bits per heavy atom. The third kappa shape index (κ3) is 3.93. The predicted molar refractivity (Wildman–Crippen MR) is 73.6 cm³/mol. The van der Waals surface area contributed by atoms with Crippen LogP contribution in [0, 0.1) is 11.3 Å². The predicted octanol–water partition coefficient (Wildman–Crippen LogP) is 1.46. The van der Waals surface area contributed by atoms with Gasteiger partial charge in [0.05, 0.1) is 5.41 Å². The van der Waals surface area contributed by atoms with Crippen LogP contribution in [-0.4, -0.2) is 41.5 Å². The van der Waals surface area contributed by atoms with Crippen molar-refractivity contribution in [3.63, 3.8) is 0 Å². The fourth-order valence-corrected chi connectivity index (χ4v) is 2.70. The third-order valence-corrected chi connectivity index (χ3v) is 4.14. The highest BCUT2D eigenvalue weighted by Crippen LogP contribution is 2.35. The molecule has 2 atom stereocenters. The number of carbonyl (C=O) groups is 2. The van der Waals surface area contributed by atoms with E-state index in [-0.39, 0.29) is 5.91 Å². The van der Waals surface area contributed by atoms with E-state index in [0.29, 0.717) is 44.8 Å². The molecular weight excluding hydrogens is 244 g/mol. The van der Waals surface area contributed by atoms with Crippen molar-refractivity contribution in [1.29, 1.82) is 0 Å². The van der Waals surface area contributed by atoms with Gasteiger partial charge in [0.2, 0.25) is 5.91 Å². The molecule has 5 heteroatoms. The fraction of sp³-hybridized carbons (Fsp3) is 0.857. The van der Waals surface area contributed by atoms with Gasteiger partial charge in [0.25, 0.3) is 0 Å². The number of hydrogen-bond acceptors (Lipinski definition) is 3. The van der Waals surface area contributed by atoms with Gasteiger partial charge in [-0.1, -0.05) is 20.3 Å². The van der Waals surface area contributed by atoms with E-state index in [4.69, 9.17) is 5.73 Å². The SMILES string of the molecule is CCCC1(C(=O)O)CCN(C(=O)CCC(C)CN)C1. The Kier molecular flexibility index (Phi) is 5.79. The first-order valence-corrected chi connectivity index (χ1v) is 7.16. The van der Waals surface area contributed by atoms with Crippen molar-refractivity contribution in [2.75, 3.05) is 19.6 Å². The highest BCUT2D eigenvalue weighted by molar-refractivity contribution is 5.80. The van der Waals surface area contributed by atoms with E-state index in [0.717, 1.165) is 12.8 Å². The number of nitrogens with two attached hydrogens (primary N) is 1. The molecular formula is C14H26N2O3. The summed E-state index contributed by atoms with van der Waals surface area (Å²) in [5.74, 6) is -0.356. The summed E-state index contributed by atoms with van der Waals surface area (Å²) in [6.07, 6.45) is 3.30. The molecule has 0 bridgehead atoms. The van der Waals surface area contributed by atoms with E-state index in [9.17, 15) is 14.7 Å². The molecule has 1 amide bonds. The van der Waals surface area contributed by atoms with Gasteiger partial charge in [-0.15, -0.1) is 0 Å². The summed E-state index contributed by atoms with van der Waals surface area (Å²) in [6.45, 7) is 5.53. The second-order valence-corrected chi connectivity index (χ2v) is 5.78. The Morgan fingerprint density at radius 3 is 2.68 bits per heavy atom. The van der Waals surface area contributed by atoms with Gasteiger partial charge in [-0.3, -0.25) is 9.59 Å². The van der Waals surface area contributed by atoms with Crippen molar-refractivity contribution in [2.45, 2.75) is 46.0 Å². The van der Waals surface area contributed by atoms with E-state index in [1.54, 1.807) is 4.90 Å². The molecule has 0 radical (unpaired) electrons. The lowest BCUT2D eigenvalue weighted by atomic mass is 9.83. The molecule has 1 heterocycles. The Bertz CT molecular complexity index is 333. The van der Waals surface area contributed by atoms with Crippen molar-refractivity contribution in [3.8, 4) is 0 Å². The first-order chi connectivity index (χ1) is 8.95. The molecule has 1 aliphatic heterocycles. The quantitative estimate of drug-likeness (QED) is 0.733. The largest absolute Gasteiger partial charge is 0.481 e. The number of carboxylic acids is 1. The summed E-state index contributed by atoms with van der Waals surface area (Å²) in [5.41, 5.74) is 4.81. The van der Waals surface area contributed by atoms with Crippen LogP contribution in [0.4, 0.5) is 0 Å². The van der Waals surface area contributed by atoms with E-state index < -0.39 is 11.4 Å². The number of amides is 1. The maximum Gasteiger partial charge on any atom is 0.311 e. The maximum absolute atomic E-state index is 12.1. The number of hydrogen-bond donors (Lipinski definition) is 2. The zero-order valence-electron chi connectivity index (χ0n) is 12.0. The summed E-state index contributed by atoms with van der Waals surface area (Å²) in [4.78, 5) is 25.2. The van der Waals surface area contributed by atoms with Crippen LogP contribution in [-0.2, 0) is 9.59 Å². The average Bonchev–Trinajstić information content (AvgIpc) is 2.81. The first kappa shape index (κ1) is 16.0. The molecule has 3 N–H and O–H groups in total. The third-order valence-electron chi connectivity index (χ3n) is 4.14. The van der Waals surface area contributed by atoms with Crippen LogP contribution in [0.15, 0.2) is 0 Å². The van der Waals surface area contributed by atoms with Gasteiger partial charge in [-0.2, -0.15) is 0 Å². The van der Waals surface area contributed by atoms with Crippen molar-refractivity contribution >= 4 is 11.9 Å². The molecule has 0 aliphatic carbocycles. The average molecular weight is 270 g/mol. The van der Waals surface area contributed by atoms with Crippen molar-refractivity contribution in [2.24, 2.45) is 17.1 Å². The van der Waals surface area contributed by atoms with Gasteiger partial charge >= 0.3 is 5.97 Å². The van der Waals surface area contributed by atoms with Crippen LogP contribution in [0.3, 0.4) is 0 Å². The standard InChI is InChI=1S/C14H26N2O3/c1-3-6-14(13(18)19)7-8-16(10-14)12(17)5-4-11(2)9-15/h11H,3-10,15H2,1-2H3,(H,18,19). The Morgan fingerprint density at radius 2 is 2.16 bits per heavy atom. The van der Waals surface area contributed by atoms with Crippen LogP contribution in [0.1, 0.15) is 46.0 Å². The Hall–Kier alpha value is -1.10. The van der Waals surface area contributed by atoms with Gasteiger partial charge in [-0.25, -0.2) is 0 Å². The molecule has 110 valence electrons. The fourth-order valence-electron chi connectivity index (χ4n) is 2.70. The number of likely N-dealkylation sites (tertiary alicyclic amines) is 1. The zero-order valence-corrected chi connectivity index (χ0v) is 12.0. The summed E-state index contributed by atoms with van der Waals surface area (Å²) < 4.78 is 0. The lowest BCUT2D eigenvalue weighted by Gasteiger charge is -2.24. The summed E-state index contributed by atoms with van der Waals surface area (Å²) in [6, 6.07) is 0. The van der Waals surface area contributed by atoms with Gasteiger partial charge in [-0.05, 0) is 31.7 Å². The molecule has 1 fully saturated rings. The topological polar surface area (TPSA) is 83.6 Å². The number of carbonyl (C=O) groups excluding carboxylic acids is 1. The van der Waals surface area contributed by atoms with Crippen LogP contribution < -0.4 is 5.73 Å². The van der Waals surface area contributed by atoms with Crippen LogP contribution in [0.5, 0.6) is 0 Å². The minimum Gasteiger partial charge on any atom is -0.481 e. The van der Waals surface area contributed by atoms with E-state index in [1.807, 2.05) is 13.8 Å². The lowest BCUT2D eigenvalue weighted by molar-refractivity contribution is -0.149. The molecule has 0 saturated carbocycles. The second kappa shape index (κ2) is 6.89. The molecule has 1 aliphatic rings. The zero-order chi connectivity index (χ0) is 14.5. The van der Waals surface area contributed by atoms with E-state index in [2.05, 4.69) is 0 Å². The van der Waals surface area contributed by atoms with Gasteiger partial charge in [0.1, 0.15) is 0 Å². The van der Waals surface area contributed by atoms with E-state index in [1.165, 1.54) is 0 Å². The minimum absolute atomic E-state index is 0.0690. The molecule has 0 aromatic heterocycles. The Labute approximate surface area is 115 Å². The number of aliphatic carboxylic acids is 1. The highest BCUT2D eigenvalue weighted by Gasteiger charge is 2.45. The summed E-state index contributed by atoms with van der Waals surface area (Å²) in [5, 5.41) is 9.40. The second-order valence-electron chi connectivity index (χ2n) is 5.78. The smallest absolute Gasteiger partial charge is 0.311 e. The van der Waals surface area contributed by atoms with Gasteiger partial charge in [0.15, 0.2) is 0 Å². The van der Waals surface area contributed by atoms with Crippen molar-refractivity contribution < 1.29 is 14.7 Å². The van der Waals surface area contributed by atoms with Crippen molar-refractivity contribution in [1.82, 2.24) is 4.90 Å². The van der Waals surface area contributed by atoms with Crippen LogP contribution >= 0.6 is 0 Å². The van der Waals surface area contributed by atoms with Crippen LogP contribution in [0.2, 0.25) is 0 Å². The minimum atomic E-state index is -0.764. The molecule has 2 unspecified atom stereocenters. The number of carboxylic acid groups (broad SMARTS) is 1. The van der Waals surface area contributed by atoms with Crippen LogP contribution in [0.25, 0.3) is 0 Å². The molecule has 1 rings (SSSR count). The molecule has 5 nitrogen and oxygen atoms in total. The number of rotatable bonds is 7. The van der Waals surface area contributed by atoms with E-state index >= 15 is 0 Å². The molecule has 19 heavy (non-hydrogen) atoms. The number of nitrogens with zero attached hydrogens (tertiary/aromatic N) is 1. The van der Waals surface area contributed by atoms with Crippen molar-refractivity contribution in [3.05, 3.63) is 0 Å². The maximum atomic E-state index is 12.1. The first-order valence-electron chi connectivity index (χ1n) is 7.16. The lowest BCUT2D eigenvalue weighted by Crippen LogP contribution is -2.37. The highest BCUT2D eigenvalue weighted by atomic mass is 16.4. The molecule has 1 saturated heterocycles. The normalized spacial score (nSPS) is 24.5. The summed E-state index contributed by atoms with van der Waals surface area (Å²) >= 11 is 0.